The maximum Gasteiger partial charge on any atom is 0.272 e. The topological polar surface area (TPSA) is 53.4 Å². The first kappa shape index (κ1) is 14.0. The zero-order valence-corrected chi connectivity index (χ0v) is 12.0. The minimum absolute atomic E-state index is 0.0149. The van der Waals surface area contributed by atoms with Crippen LogP contribution < -0.4 is 0 Å². The van der Waals surface area contributed by atoms with E-state index in [9.17, 15) is 4.79 Å². The minimum atomic E-state index is -0.0149. The molecule has 0 radical (unpaired) electrons. The van der Waals surface area contributed by atoms with Crippen LogP contribution in [0.15, 0.2) is 36.4 Å². The van der Waals surface area contributed by atoms with Crippen molar-refractivity contribution in [2.75, 3.05) is 13.2 Å². The average Bonchev–Trinajstić information content (AvgIpc) is 2.48. The average molecular weight is 284 g/mol. The molecular weight excluding hydrogens is 264 g/mol. The maximum absolute atomic E-state index is 12.7. The number of hydrogen-bond acceptors (Lipinski definition) is 3. The molecule has 1 amide bonds. The van der Waals surface area contributed by atoms with E-state index in [-0.39, 0.29) is 12.5 Å². The first-order chi connectivity index (χ1) is 10.3. The Morgan fingerprint density at radius 3 is 2.76 bits per heavy atom. The molecule has 0 aliphatic heterocycles. The van der Waals surface area contributed by atoms with Gasteiger partial charge in [0.1, 0.15) is 5.69 Å². The molecule has 0 unspecified atom stereocenters. The second kappa shape index (κ2) is 6.22. The number of rotatable bonds is 5. The predicted molar refractivity (Wildman–Crippen MR) is 82.1 cm³/mol. The van der Waals surface area contributed by atoms with Crippen LogP contribution in [-0.2, 0) is 0 Å². The van der Waals surface area contributed by atoms with E-state index in [0.717, 1.165) is 23.7 Å². The Morgan fingerprint density at radius 1 is 1.24 bits per heavy atom. The van der Waals surface area contributed by atoms with Crippen molar-refractivity contribution in [2.45, 2.75) is 31.7 Å². The maximum atomic E-state index is 12.7. The van der Waals surface area contributed by atoms with E-state index in [1.54, 1.807) is 6.07 Å². The smallest absolute Gasteiger partial charge is 0.272 e. The van der Waals surface area contributed by atoms with Crippen LogP contribution in [0.4, 0.5) is 0 Å². The fourth-order valence-electron chi connectivity index (χ4n) is 2.72. The molecule has 0 spiro atoms. The molecule has 1 aromatic heterocycles. The van der Waals surface area contributed by atoms with Crippen LogP contribution in [0.1, 0.15) is 36.2 Å². The SMILES string of the molecule is O=C(c1ccc2ccccc2n1)N(CCCO)C1CCC1. The highest BCUT2D eigenvalue weighted by Crippen LogP contribution is 2.26. The first-order valence-corrected chi connectivity index (χ1v) is 7.57. The van der Waals surface area contributed by atoms with Gasteiger partial charge in [0.05, 0.1) is 5.52 Å². The Balaban J connectivity index is 1.85. The molecule has 1 fully saturated rings. The highest BCUT2D eigenvalue weighted by Gasteiger charge is 2.29. The minimum Gasteiger partial charge on any atom is -0.396 e. The third-order valence-corrected chi connectivity index (χ3v) is 4.15. The van der Waals surface area contributed by atoms with Gasteiger partial charge in [-0.3, -0.25) is 4.79 Å². The summed E-state index contributed by atoms with van der Waals surface area (Å²) in [4.78, 5) is 19.1. The van der Waals surface area contributed by atoms with E-state index in [1.807, 2.05) is 35.2 Å². The first-order valence-electron chi connectivity index (χ1n) is 7.57. The summed E-state index contributed by atoms with van der Waals surface area (Å²) < 4.78 is 0. The molecule has 0 saturated heterocycles. The van der Waals surface area contributed by atoms with Crippen LogP contribution in [0.5, 0.6) is 0 Å². The Morgan fingerprint density at radius 2 is 2.05 bits per heavy atom. The summed E-state index contributed by atoms with van der Waals surface area (Å²) in [6.07, 6.45) is 3.92. The lowest BCUT2D eigenvalue weighted by Gasteiger charge is -2.37. The second-order valence-corrected chi connectivity index (χ2v) is 5.55. The molecule has 0 bridgehead atoms. The highest BCUT2D eigenvalue weighted by atomic mass is 16.3. The summed E-state index contributed by atoms with van der Waals surface area (Å²) in [7, 11) is 0. The van der Waals surface area contributed by atoms with Crippen molar-refractivity contribution >= 4 is 16.8 Å². The van der Waals surface area contributed by atoms with Crippen molar-refractivity contribution in [1.29, 1.82) is 0 Å². The summed E-state index contributed by atoms with van der Waals surface area (Å²) in [6.45, 7) is 0.718. The van der Waals surface area contributed by atoms with Crippen molar-refractivity contribution in [3.8, 4) is 0 Å². The molecule has 1 aromatic carbocycles. The number of fused-ring (bicyclic) bond motifs is 1. The predicted octanol–water partition coefficient (Wildman–Crippen LogP) is 2.61. The summed E-state index contributed by atoms with van der Waals surface area (Å²) in [5, 5.41) is 10.1. The van der Waals surface area contributed by atoms with Crippen LogP contribution in [-0.4, -0.2) is 40.1 Å². The van der Waals surface area contributed by atoms with Crippen LogP contribution >= 0.6 is 0 Å². The molecular formula is C17H20N2O2. The van der Waals surface area contributed by atoms with E-state index in [2.05, 4.69) is 4.98 Å². The Labute approximate surface area is 124 Å². The number of aromatic nitrogens is 1. The van der Waals surface area contributed by atoms with Gasteiger partial charge in [0.2, 0.25) is 0 Å². The van der Waals surface area contributed by atoms with Gasteiger partial charge in [-0.25, -0.2) is 4.98 Å². The Hall–Kier alpha value is -1.94. The van der Waals surface area contributed by atoms with Crippen molar-refractivity contribution in [3.63, 3.8) is 0 Å². The van der Waals surface area contributed by atoms with Crippen molar-refractivity contribution < 1.29 is 9.90 Å². The zero-order valence-electron chi connectivity index (χ0n) is 12.0. The molecule has 110 valence electrons. The van der Waals surface area contributed by atoms with E-state index in [4.69, 9.17) is 5.11 Å². The number of aliphatic hydroxyl groups is 1. The number of carbonyl (C=O) groups excluding carboxylic acids is 1. The zero-order chi connectivity index (χ0) is 14.7. The van der Waals surface area contributed by atoms with E-state index >= 15 is 0 Å². The molecule has 21 heavy (non-hydrogen) atoms. The van der Waals surface area contributed by atoms with Crippen molar-refractivity contribution in [2.24, 2.45) is 0 Å². The van der Waals surface area contributed by atoms with Gasteiger partial charge in [0, 0.05) is 24.6 Å². The molecule has 1 saturated carbocycles. The number of hydrogen-bond donors (Lipinski definition) is 1. The number of nitrogens with zero attached hydrogens (tertiary/aromatic N) is 2. The summed E-state index contributed by atoms with van der Waals surface area (Å²) >= 11 is 0. The number of aliphatic hydroxyl groups excluding tert-OH is 1. The van der Waals surface area contributed by atoms with Gasteiger partial charge in [-0.15, -0.1) is 0 Å². The van der Waals surface area contributed by atoms with E-state index in [1.165, 1.54) is 6.42 Å². The molecule has 1 aliphatic rings. The molecule has 4 nitrogen and oxygen atoms in total. The second-order valence-electron chi connectivity index (χ2n) is 5.55. The molecule has 3 rings (SSSR count). The lowest BCUT2D eigenvalue weighted by Crippen LogP contribution is -2.45. The van der Waals surface area contributed by atoms with Gasteiger partial charge >= 0.3 is 0 Å². The number of pyridine rings is 1. The largest absolute Gasteiger partial charge is 0.396 e. The number of carbonyl (C=O) groups is 1. The van der Waals surface area contributed by atoms with Gasteiger partial charge in [-0.1, -0.05) is 24.3 Å². The lowest BCUT2D eigenvalue weighted by atomic mass is 9.91. The summed E-state index contributed by atoms with van der Waals surface area (Å²) in [5.74, 6) is -0.0149. The molecule has 1 aliphatic carbocycles. The molecule has 4 heteroatoms. The Bertz CT molecular complexity index is 637. The van der Waals surface area contributed by atoms with Crippen LogP contribution in [0, 0.1) is 0 Å². The van der Waals surface area contributed by atoms with Crippen LogP contribution in [0.3, 0.4) is 0 Å². The quantitative estimate of drug-likeness (QED) is 0.918. The Kier molecular flexibility index (Phi) is 4.15. The third-order valence-electron chi connectivity index (χ3n) is 4.15. The molecule has 2 aromatic rings. The standard InChI is InChI=1S/C17H20N2O2/c20-12-4-11-19(14-6-3-7-14)17(21)16-10-9-13-5-1-2-8-15(13)18-16/h1-2,5,8-10,14,20H,3-4,6-7,11-12H2. The lowest BCUT2D eigenvalue weighted by molar-refractivity contribution is 0.0557. The molecule has 1 N–H and O–H groups in total. The van der Waals surface area contributed by atoms with E-state index in [0.29, 0.717) is 24.7 Å². The summed E-state index contributed by atoms with van der Waals surface area (Å²) in [5.41, 5.74) is 1.35. The molecule has 0 atom stereocenters. The van der Waals surface area contributed by atoms with Gasteiger partial charge in [-0.2, -0.15) is 0 Å². The monoisotopic (exact) mass is 284 g/mol. The van der Waals surface area contributed by atoms with Crippen molar-refractivity contribution in [1.82, 2.24) is 9.88 Å². The van der Waals surface area contributed by atoms with E-state index < -0.39 is 0 Å². The number of amides is 1. The van der Waals surface area contributed by atoms with Crippen molar-refractivity contribution in [3.05, 3.63) is 42.1 Å². The van der Waals surface area contributed by atoms with Crippen LogP contribution in [0.25, 0.3) is 10.9 Å². The van der Waals surface area contributed by atoms with Gasteiger partial charge < -0.3 is 10.0 Å². The highest BCUT2D eigenvalue weighted by molar-refractivity contribution is 5.95. The van der Waals surface area contributed by atoms with Gasteiger partial charge in [0.15, 0.2) is 0 Å². The third kappa shape index (κ3) is 2.90. The number of para-hydroxylation sites is 1. The normalized spacial score (nSPS) is 14.9. The fourth-order valence-corrected chi connectivity index (χ4v) is 2.72. The van der Waals surface area contributed by atoms with Gasteiger partial charge in [-0.05, 0) is 37.8 Å². The molecule has 1 heterocycles. The van der Waals surface area contributed by atoms with Gasteiger partial charge in [0.25, 0.3) is 5.91 Å². The summed E-state index contributed by atoms with van der Waals surface area (Å²) in [6, 6.07) is 11.9. The van der Waals surface area contributed by atoms with Crippen LogP contribution in [0.2, 0.25) is 0 Å². The number of benzene rings is 1. The fraction of sp³-hybridized carbons (Fsp3) is 0.412.